The number of hydrogen-bond donors (Lipinski definition) is 0. The van der Waals surface area contributed by atoms with Crippen molar-refractivity contribution in [3.05, 3.63) is 102 Å². The van der Waals surface area contributed by atoms with E-state index in [1.807, 2.05) is 0 Å². The Labute approximate surface area is 221 Å². The first-order valence-electron chi connectivity index (χ1n) is 13.0. The molecular weight excluding hydrogens is 483 g/mol. The first-order chi connectivity index (χ1) is 17.1. The minimum Gasteiger partial charge on any atom is -1.00 e. The molecule has 4 aliphatic carbocycles. The highest BCUT2D eigenvalue weighted by Gasteiger charge is 2.56. The molecule has 4 aliphatic rings. The van der Waals surface area contributed by atoms with Crippen LogP contribution in [-0.4, -0.2) is 13.1 Å². The minimum atomic E-state index is -2.26. The van der Waals surface area contributed by atoms with E-state index in [4.69, 9.17) is 4.74 Å². The van der Waals surface area contributed by atoms with Crippen molar-refractivity contribution in [2.75, 3.05) is 7.11 Å². The van der Waals surface area contributed by atoms with Gasteiger partial charge in [0.15, 0.2) is 0 Å². The van der Waals surface area contributed by atoms with Crippen molar-refractivity contribution in [3.63, 3.8) is 0 Å². The van der Waals surface area contributed by atoms with E-state index in [0.29, 0.717) is 0 Å². The van der Waals surface area contributed by atoms with Gasteiger partial charge >= 0.3 is 5.97 Å². The fraction of sp³-hybridized carbons (Fsp3) is 0.344. The van der Waals surface area contributed by atoms with Crippen LogP contribution in [0, 0.1) is 23.2 Å². The second kappa shape index (κ2) is 10.2. The van der Waals surface area contributed by atoms with Crippen molar-refractivity contribution >= 4 is 29.1 Å². The number of hydrogen-bond acceptors (Lipinski definition) is 2. The number of halogens is 1. The summed E-state index contributed by atoms with van der Waals surface area (Å²) in [6.45, 7) is 0. The highest BCUT2D eigenvalue weighted by atomic mass is 35.5. The molecule has 4 fully saturated rings. The minimum absolute atomic E-state index is 0. The van der Waals surface area contributed by atoms with Gasteiger partial charge in [0.05, 0.1) is 18.5 Å². The number of benzene rings is 3. The van der Waals surface area contributed by atoms with Gasteiger partial charge in [-0.2, -0.15) is 0 Å². The van der Waals surface area contributed by atoms with E-state index in [9.17, 15) is 4.79 Å². The molecule has 7 rings (SSSR count). The normalized spacial score (nSPS) is 26.8. The predicted octanol–water partition coefficient (Wildman–Crippen LogP) is 3.26. The molecule has 0 atom stereocenters. The Kier molecular flexibility index (Phi) is 7.12. The van der Waals surface area contributed by atoms with Crippen molar-refractivity contribution in [1.29, 1.82) is 0 Å². The van der Waals surface area contributed by atoms with E-state index in [2.05, 4.69) is 96.8 Å². The zero-order chi connectivity index (χ0) is 23.9. The molecule has 0 spiro atoms. The van der Waals surface area contributed by atoms with Crippen molar-refractivity contribution < 1.29 is 21.9 Å². The zero-order valence-electron chi connectivity index (χ0n) is 20.9. The highest BCUT2D eigenvalue weighted by Crippen LogP contribution is 2.66. The van der Waals surface area contributed by atoms with Crippen molar-refractivity contribution in [2.24, 2.45) is 23.2 Å². The molecule has 36 heavy (non-hydrogen) atoms. The lowest BCUT2D eigenvalue weighted by molar-refractivity contribution is -0.140. The van der Waals surface area contributed by atoms with Crippen LogP contribution in [0.4, 0.5) is 0 Å². The number of ether oxygens (including phenoxy) is 1. The molecule has 0 unspecified atom stereocenters. The van der Waals surface area contributed by atoms with E-state index in [0.717, 1.165) is 42.6 Å². The van der Waals surface area contributed by atoms with Gasteiger partial charge in [0.25, 0.3) is 0 Å². The molecule has 0 radical (unpaired) electrons. The van der Waals surface area contributed by atoms with Gasteiger partial charge in [-0.15, -0.1) is 0 Å². The summed E-state index contributed by atoms with van der Waals surface area (Å²) in [7, 11) is -0.702. The van der Waals surface area contributed by atoms with Gasteiger partial charge in [-0.3, -0.25) is 0 Å². The molecule has 3 aromatic carbocycles. The number of esters is 1. The number of rotatable bonds is 6. The Morgan fingerprint density at radius 2 is 1.08 bits per heavy atom. The van der Waals surface area contributed by atoms with Crippen LogP contribution in [0.2, 0.25) is 0 Å². The van der Waals surface area contributed by atoms with Gasteiger partial charge in [0.1, 0.15) is 23.2 Å². The average Bonchev–Trinajstić information content (AvgIpc) is 2.90. The maximum absolute atomic E-state index is 13.7. The zero-order valence-corrected chi connectivity index (χ0v) is 22.5. The summed E-state index contributed by atoms with van der Waals surface area (Å²) in [5.74, 6) is 4.57. The molecule has 0 aliphatic heterocycles. The molecule has 0 amide bonds. The Morgan fingerprint density at radius 1 is 0.722 bits per heavy atom. The molecule has 0 saturated heterocycles. The quantitative estimate of drug-likeness (QED) is 0.286. The maximum atomic E-state index is 13.7. The lowest BCUT2D eigenvalue weighted by Crippen LogP contribution is -3.00. The van der Waals surface area contributed by atoms with Crippen molar-refractivity contribution in [3.8, 4) is 0 Å². The summed E-state index contributed by atoms with van der Waals surface area (Å²) in [4.78, 5) is 13.7. The van der Waals surface area contributed by atoms with Crippen LogP contribution < -0.4 is 28.3 Å². The average molecular weight is 517 g/mol. The van der Waals surface area contributed by atoms with Crippen LogP contribution in [0.15, 0.2) is 102 Å². The van der Waals surface area contributed by atoms with E-state index >= 15 is 0 Å². The molecule has 0 heterocycles. The molecule has 3 aromatic rings. The molecule has 0 aromatic heterocycles. The van der Waals surface area contributed by atoms with Crippen LogP contribution in [0.25, 0.3) is 0 Å². The molecule has 4 saturated carbocycles. The Bertz CT molecular complexity index is 1090. The van der Waals surface area contributed by atoms with E-state index in [1.165, 1.54) is 35.2 Å². The van der Waals surface area contributed by atoms with Gasteiger partial charge in [-0.1, -0.05) is 54.6 Å². The van der Waals surface area contributed by atoms with Gasteiger partial charge in [0.2, 0.25) is 0 Å². The maximum Gasteiger partial charge on any atom is 0.337 e. The summed E-state index contributed by atoms with van der Waals surface area (Å²) in [5, 5.41) is 3.84. The standard InChI is InChI=1S/C32H34O2P.ClH/c1-34-31(33)30(32-20-24-17-25(21-32)19-26(18-24)22-32)23-35(27-11-5-2-6-12-27,28-13-7-3-8-14-28)29-15-9-4-10-16-29;/h2-16,23-26H,17-22H2,1H3;1H/q+1;/p-1. The molecular formula is C32H34ClO2P. The van der Waals surface area contributed by atoms with Crippen LogP contribution in [0.5, 0.6) is 0 Å². The monoisotopic (exact) mass is 516 g/mol. The number of carbonyl (C=O) groups is 1. The Morgan fingerprint density at radius 3 is 1.42 bits per heavy atom. The first kappa shape index (κ1) is 25.2. The SMILES string of the molecule is COC(=O)C(=C[P+](c1ccccc1)(c1ccccc1)c1ccccc1)C12CC3CC(CC(C3)C1)C2.[Cl-]. The molecule has 4 heteroatoms. The lowest BCUT2D eigenvalue weighted by atomic mass is 9.48. The van der Waals surface area contributed by atoms with Crippen LogP contribution in [-0.2, 0) is 9.53 Å². The third kappa shape index (κ3) is 4.23. The van der Waals surface area contributed by atoms with Crippen LogP contribution >= 0.6 is 7.26 Å². The van der Waals surface area contributed by atoms with Gasteiger partial charge in [0, 0.05) is 5.41 Å². The molecule has 0 N–H and O–H groups in total. The number of methoxy groups -OCH3 is 1. The summed E-state index contributed by atoms with van der Waals surface area (Å²) in [6, 6.07) is 32.5. The van der Waals surface area contributed by atoms with E-state index in [-0.39, 0.29) is 23.8 Å². The summed E-state index contributed by atoms with van der Waals surface area (Å²) in [5.41, 5.74) is 0.898. The summed E-state index contributed by atoms with van der Waals surface area (Å²) < 4.78 is 5.57. The topological polar surface area (TPSA) is 26.3 Å². The second-order valence-corrected chi connectivity index (χ2v) is 14.2. The fourth-order valence-corrected chi connectivity index (χ4v) is 11.8. The largest absolute Gasteiger partial charge is 1.00 e. The molecule has 4 bridgehead atoms. The van der Waals surface area contributed by atoms with Crippen molar-refractivity contribution in [2.45, 2.75) is 38.5 Å². The predicted molar refractivity (Wildman–Crippen MR) is 146 cm³/mol. The molecule has 2 nitrogen and oxygen atoms in total. The van der Waals surface area contributed by atoms with E-state index in [1.54, 1.807) is 7.11 Å². The highest BCUT2D eigenvalue weighted by molar-refractivity contribution is 7.98. The Hall–Kier alpha value is -2.41. The van der Waals surface area contributed by atoms with Gasteiger partial charge in [-0.25, -0.2) is 4.79 Å². The van der Waals surface area contributed by atoms with Crippen LogP contribution in [0.1, 0.15) is 38.5 Å². The third-order valence-corrected chi connectivity index (χ3v) is 12.8. The van der Waals surface area contributed by atoms with Gasteiger partial charge < -0.3 is 17.1 Å². The Balaban J connectivity index is 0.00000267. The number of carbonyl (C=O) groups excluding carboxylic acids is 1. The smallest absolute Gasteiger partial charge is 0.337 e. The van der Waals surface area contributed by atoms with E-state index < -0.39 is 7.26 Å². The first-order valence-corrected chi connectivity index (χ1v) is 14.9. The summed E-state index contributed by atoms with van der Waals surface area (Å²) in [6.07, 6.45) is 7.47. The third-order valence-electron chi connectivity index (χ3n) is 8.83. The van der Waals surface area contributed by atoms with Crippen molar-refractivity contribution in [1.82, 2.24) is 0 Å². The van der Waals surface area contributed by atoms with Crippen LogP contribution in [0.3, 0.4) is 0 Å². The summed E-state index contributed by atoms with van der Waals surface area (Å²) >= 11 is 0. The lowest BCUT2D eigenvalue weighted by Gasteiger charge is -2.57. The molecule has 186 valence electrons. The fourth-order valence-electron chi connectivity index (χ4n) is 7.81. The second-order valence-electron chi connectivity index (χ2n) is 11.0. The van der Waals surface area contributed by atoms with Gasteiger partial charge in [-0.05, 0) is 92.7 Å².